The van der Waals surface area contributed by atoms with Crippen LogP contribution in [0.15, 0.2) is 0 Å². The molecule has 45 heavy (non-hydrogen) atoms. The van der Waals surface area contributed by atoms with Crippen LogP contribution in [0.25, 0.3) is 0 Å². The fourth-order valence-corrected chi connectivity index (χ4v) is 6.91. The first-order valence-corrected chi connectivity index (χ1v) is 20.6. The van der Waals surface area contributed by atoms with Crippen LogP contribution in [0.2, 0.25) is 0 Å². The molecule has 0 aliphatic rings. The van der Waals surface area contributed by atoms with E-state index in [9.17, 15) is 9.59 Å². The number of rotatable bonds is 38. The van der Waals surface area contributed by atoms with Crippen LogP contribution in [0.3, 0.4) is 0 Å². The van der Waals surface area contributed by atoms with Crippen LogP contribution in [0.1, 0.15) is 246 Å². The Bertz CT molecular complexity index is 585. The molecule has 0 heterocycles. The standard InChI is InChI=1S/C42H82O3/c1-5-7-33-39-45-42(36-8-6-2,37-31-27-23-19-15-11-9-13-17-21-25-29-34-40(3)43)38-32-28-24-20-16-12-10-14-18-22-26-30-35-41(4)44/h5-39H2,1-4H3. The maximum Gasteiger partial charge on any atom is 0.129 e. The second-order valence-electron chi connectivity index (χ2n) is 14.7. The molecule has 0 N–H and O–H groups in total. The molecule has 0 spiro atoms. The quantitative estimate of drug-likeness (QED) is 0.0635. The number of Topliss-reactive ketones (excluding diaryl/α,β-unsaturated/α-hetero) is 2. The monoisotopic (exact) mass is 635 g/mol. The molecular formula is C42H82O3. The van der Waals surface area contributed by atoms with Crippen molar-refractivity contribution in [1.29, 1.82) is 0 Å². The average Bonchev–Trinajstić information content (AvgIpc) is 3.02. The largest absolute Gasteiger partial charge is 0.375 e. The van der Waals surface area contributed by atoms with Crippen LogP contribution in [0, 0.1) is 0 Å². The lowest BCUT2D eigenvalue weighted by molar-refractivity contribution is -0.117. The maximum atomic E-state index is 11.0. The molecule has 0 amide bonds. The molecule has 0 saturated carbocycles. The fraction of sp³-hybridized carbons (Fsp3) is 0.952. The van der Waals surface area contributed by atoms with E-state index in [1.807, 2.05) is 0 Å². The van der Waals surface area contributed by atoms with Crippen molar-refractivity contribution in [2.75, 3.05) is 6.61 Å². The van der Waals surface area contributed by atoms with Gasteiger partial charge < -0.3 is 14.3 Å². The van der Waals surface area contributed by atoms with Gasteiger partial charge in [0, 0.05) is 19.4 Å². The van der Waals surface area contributed by atoms with Gasteiger partial charge in [0.1, 0.15) is 11.6 Å². The Hall–Kier alpha value is -0.700. The van der Waals surface area contributed by atoms with E-state index in [-0.39, 0.29) is 5.60 Å². The number of carbonyl (C=O) groups is 2. The molecule has 0 aromatic carbocycles. The number of hydrogen-bond acceptors (Lipinski definition) is 3. The molecule has 268 valence electrons. The summed E-state index contributed by atoms with van der Waals surface area (Å²) in [5.41, 5.74) is 0.137. The van der Waals surface area contributed by atoms with Crippen molar-refractivity contribution in [1.82, 2.24) is 0 Å². The van der Waals surface area contributed by atoms with E-state index < -0.39 is 0 Å². The number of ether oxygens (including phenoxy) is 1. The first-order valence-electron chi connectivity index (χ1n) is 20.6. The van der Waals surface area contributed by atoms with E-state index in [2.05, 4.69) is 13.8 Å². The maximum absolute atomic E-state index is 11.0. The van der Waals surface area contributed by atoms with E-state index in [0.717, 1.165) is 32.3 Å². The summed E-state index contributed by atoms with van der Waals surface area (Å²) in [6.45, 7) is 9.02. The predicted molar refractivity (Wildman–Crippen MR) is 198 cm³/mol. The van der Waals surface area contributed by atoms with E-state index in [1.54, 1.807) is 13.8 Å². The molecule has 0 aromatic rings. The van der Waals surface area contributed by atoms with Gasteiger partial charge in [-0.1, -0.05) is 181 Å². The lowest BCUT2D eigenvalue weighted by atomic mass is 9.85. The highest BCUT2D eigenvalue weighted by Crippen LogP contribution is 2.33. The molecule has 0 aliphatic heterocycles. The summed E-state index contributed by atoms with van der Waals surface area (Å²) >= 11 is 0. The minimum Gasteiger partial charge on any atom is -0.375 e. The van der Waals surface area contributed by atoms with E-state index in [0.29, 0.717) is 11.6 Å². The smallest absolute Gasteiger partial charge is 0.129 e. The summed E-state index contributed by atoms with van der Waals surface area (Å²) in [5.74, 6) is 0.686. The molecule has 3 nitrogen and oxygen atoms in total. The third-order valence-corrected chi connectivity index (χ3v) is 9.96. The molecule has 0 rings (SSSR count). The molecular weight excluding hydrogens is 552 g/mol. The normalized spacial score (nSPS) is 11.8. The number of unbranched alkanes of at least 4 members (excludes halogenated alkanes) is 25. The highest BCUT2D eigenvalue weighted by Gasteiger charge is 2.29. The third kappa shape index (κ3) is 33.0. The van der Waals surface area contributed by atoms with Crippen molar-refractivity contribution in [3.8, 4) is 0 Å². The zero-order chi connectivity index (χ0) is 33.1. The lowest BCUT2D eigenvalue weighted by Gasteiger charge is -2.35. The van der Waals surface area contributed by atoms with Crippen molar-refractivity contribution < 1.29 is 14.3 Å². The van der Waals surface area contributed by atoms with E-state index in [1.165, 1.54) is 193 Å². The summed E-state index contributed by atoms with van der Waals surface area (Å²) in [6, 6.07) is 0. The second kappa shape index (κ2) is 34.6. The molecule has 0 bridgehead atoms. The zero-order valence-corrected chi connectivity index (χ0v) is 31.5. The van der Waals surface area contributed by atoms with Gasteiger partial charge in [-0.3, -0.25) is 0 Å². The van der Waals surface area contributed by atoms with E-state index >= 15 is 0 Å². The molecule has 0 fully saturated rings. The Morgan fingerprint density at radius 2 is 0.667 bits per heavy atom. The number of hydrogen-bond donors (Lipinski definition) is 0. The van der Waals surface area contributed by atoms with Crippen LogP contribution < -0.4 is 0 Å². The number of ketones is 2. The van der Waals surface area contributed by atoms with Crippen LogP contribution >= 0.6 is 0 Å². The van der Waals surface area contributed by atoms with Gasteiger partial charge in [-0.2, -0.15) is 0 Å². The van der Waals surface area contributed by atoms with Crippen LogP contribution in [0.4, 0.5) is 0 Å². The summed E-state index contributed by atoms with van der Waals surface area (Å²) in [6.07, 6.45) is 43.9. The Kier molecular flexibility index (Phi) is 34.1. The molecule has 0 atom stereocenters. The van der Waals surface area contributed by atoms with Crippen molar-refractivity contribution in [2.24, 2.45) is 0 Å². The van der Waals surface area contributed by atoms with Gasteiger partial charge >= 0.3 is 0 Å². The number of carbonyl (C=O) groups excluding carboxylic acids is 2. The minimum atomic E-state index is 0.137. The van der Waals surface area contributed by atoms with Gasteiger partial charge in [-0.05, 0) is 52.4 Å². The highest BCUT2D eigenvalue weighted by atomic mass is 16.5. The van der Waals surface area contributed by atoms with Gasteiger partial charge in [0.05, 0.1) is 5.60 Å². The SMILES string of the molecule is CCCCCOC(CCCC)(CCCCCCCCCCCCCCC(C)=O)CCCCCCCCCCCCCCC(C)=O. The van der Waals surface area contributed by atoms with Gasteiger partial charge in [-0.25, -0.2) is 0 Å². The second-order valence-corrected chi connectivity index (χ2v) is 14.7. The Morgan fingerprint density at radius 1 is 0.378 bits per heavy atom. The summed E-state index contributed by atoms with van der Waals surface area (Å²) in [5, 5.41) is 0. The van der Waals surface area contributed by atoms with Gasteiger partial charge in [0.2, 0.25) is 0 Å². The van der Waals surface area contributed by atoms with Gasteiger partial charge in [-0.15, -0.1) is 0 Å². The summed E-state index contributed by atoms with van der Waals surface area (Å²) < 4.78 is 6.84. The Morgan fingerprint density at radius 3 is 0.978 bits per heavy atom. The predicted octanol–water partition coefficient (Wildman–Crippen LogP) is 14.2. The van der Waals surface area contributed by atoms with Crippen molar-refractivity contribution in [3.63, 3.8) is 0 Å². The molecule has 0 aliphatic carbocycles. The van der Waals surface area contributed by atoms with Crippen LogP contribution in [-0.4, -0.2) is 23.8 Å². The molecule has 0 unspecified atom stereocenters. The molecule has 0 saturated heterocycles. The first kappa shape index (κ1) is 44.3. The van der Waals surface area contributed by atoms with Crippen LogP contribution in [0.5, 0.6) is 0 Å². The summed E-state index contributed by atoms with van der Waals surface area (Å²) in [7, 11) is 0. The highest BCUT2D eigenvalue weighted by molar-refractivity contribution is 5.75. The fourth-order valence-electron chi connectivity index (χ4n) is 6.91. The Balaban J connectivity index is 4.15. The molecule has 0 radical (unpaired) electrons. The third-order valence-electron chi connectivity index (χ3n) is 9.96. The van der Waals surface area contributed by atoms with Gasteiger partial charge in [0.25, 0.3) is 0 Å². The van der Waals surface area contributed by atoms with Crippen molar-refractivity contribution >= 4 is 11.6 Å². The van der Waals surface area contributed by atoms with Crippen molar-refractivity contribution in [2.45, 2.75) is 252 Å². The Labute approximate surface area is 283 Å². The average molecular weight is 635 g/mol. The van der Waals surface area contributed by atoms with Gasteiger partial charge in [0.15, 0.2) is 0 Å². The first-order chi connectivity index (χ1) is 22.0. The molecule has 0 aromatic heterocycles. The molecule has 3 heteroatoms. The zero-order valence-electron chi connectivity index (χ0n) is 31.5. The van der Waals surface area contributed by atoms with Crippen molar-refractivity contribution in [3.05, 3.63) is 0 Å². The minimum absolute atomic E-state index is 0.137. The summed E-state index contributed by atoms with van der Waals surface area (Å²) in [4.78, 5) is 22.1. The topological polar surface area (TPSA) is 43.4 Å². The lowest BCUT2D eigenvalue weighted by Crippen LogP contribution is -2.33. The van der Waals surface area contributed by atoms with E-state index in [4.69, 9.17) is 4.74 Å². The van der Waals surface area contributed by atoms with Crippen LogP contribution in [-0.2, 0) is 14.3 Å².